The third-order valence-corrected chi connectivity index (χ3v) is 6.24. The van der Waals surface area contributed by atoms with Crippen molar-refractivity contribution in [2.45, 2.75) is 24.3 Å². The molecule has 1 heterocycles. The van der Waals surface area contributed by atoms with E-state index in [9.17, 15) is 18.7 Å². The molecule has 3 rings (SSSR count). The fourth-order valence-electron chi connectivity index (χ4n) is 3.19. The number of aliphatic hydroxyl groups excluding tert-OH is 1. The van der Waals surface area contributed by atoms with E-state index < -0.39 is 28.5 Å². The number of nitrogens with zero attached hydrogens (tertiary/aromatic N) is 3. The van der Waals surface area contributed by atoms with Gasteiger partial charge in [0.1, 0.15) is 27.7 Å². The van der Waals surface area contributed by atoms with Gasteiger partial charge in [-0.15, -0.1) is 0 Å². The van der Waals surface area contributed by atoms with Gasteiger partial charge in [0.2, 0.25) is 5.96 Å². The standard InChI is InChI=1S/C21H24F2N6O2S/c1-13(30)19(31)29-21(14-6-4-3-5-7-14,10-11-26-27-20(24)25-2)32-18(28-29)16-12-15(22)8-9-17(16)23/h3-9,12-13,26,30H,10-11H2,1-2H3,(H3,24,25,27)/t13-,21?/m0/s1. The Kier molecular flexibility index (Phi) is 7.44. The van der Waals surface area contributed by atoms with Gasteiger partial charge in [-0.2, -0.15) is 5.10 Å². The van der Waals surface area contributed by atoms with Crippen LogP contribution in [0.3, 0.4) is 0 Å². The molecule has 5 N–H and O–H groups in total. The van der Waals surface area contributed by atoms with Crippen molar-refractivity contribution in [1.29, 1.82) is 0 Å². The van der Waals surface area contributed by atoms with E-state index in [0.717, 1.165) is 35.0 Å². The quantitative estimate of drug-likeness (QED) is 0.216. The number of hydrogen-bond acceptors (Lipinski definition) is 6. The fourth-order valence-corrected chi connectivity index (χ4v) is 4.58. The maximum atomic E-state index is 14.5. The average molecular weight is 463 g/mol. The number of hydrazone groups is 1. The Bertz CT molecular complexity index is 1030. The molecule has 0 saturated heterocycles. The Labute approximate surface area is 188 Å². The molecule has 11 heteroatoms. The molecule has 2 aromatic rings. The molecule has 0 saturated carbocycles. The number of nitrogens with one attached hydrogen (secondary N) is 2. The largest absolute Gasteiger partial charge is 0.383 e. The third kappa shape index (κ3) is 4.90. The maximum Gasteiger partial charge on any atom is 0.272 e. The molecule has 1 unspecified atom stereocenters. The number of amides is 1. The molecule has 0 aromatic heterocycles. The lowest BCUT2D eigenvalue weighted by Crippen LogP contribution is -2.49. The van der Waals surface area contributed by atoms with Gasteiger partial charge < -0.3 is 10.8 Å². The van der Waals surface area contributed by atoms with Crippen LogP contribution in [0.15, 0.2) is 58.6 Å². The zero-order valence-electron chi connectivity index (χ0n) is 17.5. The number of rotatable bonds is 7. The smallest absolute Gasteiger partial charge is 0.272 e. The van der Waals surface area contributed by atoms with Crippen molar-refractivity contribution in [1.82, 2.24) is 15.9 Å². The fraction of sp³-hybridized carbons (Fsp3) is 0.286. The average Bonchev–Trinajstić information content (AvgIpc) is 3.18. The molecule has 0 bridgehead atoms. The predicted octanol–water partition coefficient (Wildman–Crippen LogP) is 1.86. The second-order valence-electron chi connectivity index (χ2n) is 7.02. The lowest BCUT2D eigenvalue weighted by atomic mass is 10.0. The van der Waals surface area contributed by atoms with E-state index in [2.05, 4.69) is 20.9 Å². The monoisotopic (exact) mass is 462 g/mol. The number of nitrogens with two attached hydrogens (primary N) is 1. The van der Waals surface area contributed by atoms with Crippen LogP contribution >= 0.6 is 11.8 Å². The zero-order chi connectivity index (χ0) is 23.3. The van der Waals surface area contributed by atoms with E-state index >= 15 is 0 Å². The van der Waals surface area contributed by atoms with Crippen molar-refractivity contribution in [3.63, 3.8) is 0 Å². The maximum absolute atomic E-state index is 14.5. The van der Waals surface area contributed by atoms with Gasteiger partial charge in [0.15, 0.2) is 0 Å². The van der Waals surface area contributed by atoms with Gasteiger partial charge in [0.25, 0.3) is 5.91 Å². The van der Waals surface area contributed by atoms with Crippen LogP contribution in [-0.4, -0.2) is 46.7 Å². The lowest BCUT2D eigenvalue weighted by molar-refractivity contribution is -0.143. The normalized spacial score (nSPS) is 19.6. The minimum atomic E-state index is -1.35. The number of carbonyl (C=O) groups is 1. The highest BCUT2D eigenvalue weighted by Crippen LogP contribution is 2.50. The summed E-state index contributed by atoms with van der Waals surface area (Å²) in [5.74, 6) is -1.79. The number of halogens is 2. The van der Waals surface area contributed by atoms with E-state index in [-0.39, 0.29) is 23.0 Å². The molecule has 1 aliphatic heterocycles. The molecule has 1 amide bonds. The van der Waals surface area contributed by atoms with Crippen molar-refractivity contribution < 1.29 is 18.7 Å². The second-order valence-corrected chi connectivity index (χ2v) is 8.28. The Morgan fingerprint density at radius 1 is 1.31 bits per heavy atom. The summed E-state index contributed by atoms with van der Waals surface area (Å²) in [5, 5.41) is 15.6. The highest BCUT2D eigenvalue weighted by molar-refractivity contribution is 8.15. The number of aliphatic hydroxyl groups is 1. The van der Waals surface area contributed by atoms with Crippen LogP contribution in [0.5, 0.6) is 0 Å². The van der Waals surface area contributed by atoms with Crippen molar-refractivity contribution in [2.75, 3.05) is 13.6 Å². The first-order chi connectivity index (χ1) is 15.3. The molecule has 0 spiro atoms. The van der Waals surface area contributed by atoms with E-state index in [1.54, 1.807) is 12.1 Å². The number of hydrogen-bond donors (Lipinski definition) is 4. The molecule has 2 atom stereocenters. The van der Waals surface area contributed by atoms with E-state index in [1.165, 1.54) is 14.0 Å². The molecule has 8 nitrogen and oxygen atoms in total. The van der Waals surface area contributed by atoms with Gasteiger partial charge in [-0.3, -0.25) is 15.2 Å². The minimum Gasteiger partial charge on any atom is -0.383 e. The summed E-state index contributed by atoms with van der Waals surface area (Å²) < 4.78 is 28.4. The summed E-state index contributed by atoms with van der Waals surface area (Å²) in [6, 6.07) is 12.1. The number of benzene rings is 2. The van der Waals surface area contributed by atoms with Crippen LogP contribution in [0, 0.1) is 11.6 Å². The molecule has 32 heavy (non-hydrogen) atoms. The first-order valence-corrected chi connectivity index (χ1v) is 10.6. The topological polar surface area (TPSA) is 115 Å². The minimum absolute atomic E-state index is 0.0651. The number of hydrazine groups is 1. The molecule has 170 valence electrons. The Balaban J connectivity index is 2.04. The van der Waals surface area contributed by atoms with Crippen molar-refractivity contribution >= 4 is 28.7 Å². The summed E-state index contributed by atoms with van der Waals surface area (Å²) in [4.78, 5) is 15.6. The highest BCUT2D eigenvalue weighted by atomic mass is 32.2. The van der Waals surface area contributed by atoms with Crippen LogP contribution in [0.25, 0.3) is 0 Å². The van der Waals surface area contributed by atoms with Crippen LogP contribution < -0.4 is 16.6 Å². The first-order valence-electron chi connectivity index (χ1n) is 9.80. The predicted molar refractivity (Wildman–Crippen MR) is 120 cm³/mol. The second kappa shape index (κ2) is 10.1. The summed E-state index contributed by atoms with van der Waals surface area (Å²) >= 11 is 1.11. The Morgan fingerprint density at radius 3 is 2.69 bits per heavy atom. The van der Waals surface area contributed by atoms with Gasteiger partial charge in [-0.05, 0) is 30.7 Å². The lowest BCUT2D eigenvalue weighted by Gasteiger charge is -2.36. The SMILES string of the molecule is CN=C(N)NNCCC1(c2ccccc2)SC(c2cc(F)ccc2F)=NN1C(=O)[C@H](C)O. The van der Waals surface area contributed by atoms with Gasteiger partial charge in [0.05, 0.1) is 0 Å². The molecule has 0 radical (unpaired) electrons. The van der Waals surface area contributed by atoms with E-state index in [4.69, 9.17) is 5.73 Å². The van der Waals surface area contributed by atoms with Crippen molar-refractivity contribution in [3.05, 3.63) is 71.3 Å². The molecular formula is C21H24F2N6O2S. The molecular weight excluding hydrogens is 438 g/mol. The van der Waals surface area contributed by atoms with Crippen LogP contribution in [0.4, 0.5) is 8.78 Å². The van der Waals surface area contributed by atoms with Gasteiger partial charge in [-0.25, -0.2) is 19.2 Å². The summed E-state index contributed by atoms with van der Waals surface area (Å²) in [6.45, 7) is 1.63. The molecule has 2 aromatic carbocycles. The molecule has 1 aliphatic rings. The number of aliphatic imine (C=N–C) groups is 1. The molecule has 0 aliphatic carbocycles. The Hall–Kier alpha value is -3.02. The zero-order valence-corrected chi connectivity index (χ0v) is 18.4. The Morgan fingerprint density at radius 2 is 2.03 bits per heavy atom. The van der Waals surface area contributed by atoms with Crippen LogP contribution in [0.2, 0.25) is 0 Å². The third-order valence-electron chi connectivity index (χ3n) is 4.79. The first kappa shape index (κ1) is 23.6. The summed E-state index contributed by atoms with van der Waals surface area (Å²) in [7, 11) is 1.53. The highest BCUT2D eigenvalue weighted by Gasteiger charge is 2.49. The van der Waals surface area contributed by atoms with Crippen molar-refractivity contribution in [3.8, 4) is 0 Å². The van der Waals surface area contributed by atoms with Crippen molar-refractivity contribution in [2.24, 2.45) is 15.8 Å². The van der Waals surface area contributed by atoms with E-state index in [1.807, 2.05) is 18.2 Å². The van der Waals surface area contributed by atoms with Crippen LogP contribution in [-0.2, 0) is 9.67 Å². The van der Waals surface area contributed by atoms with Gasteiger partial charge in [-0.1, -0.05) is 42.1 Å². The summed E-state index contributed by atoms with van der Waals surface area (Å²) in [5.41, 5.74) is 11.9. The van der Waals surface area contributed by atoms with E-state index in [0.29, 0.717) is 12.1 Å². The summed E-state index contributed by atoms with van der Waals surface area (Å²) in [6.07, 6.45) is -1.07. The number of guanidine groups is 1. The number of thioether (sulfide) groups is 1. The van der Waals surface area contributed by atoms with Gasteiger partial charge >= 0.3 is 0 Å². The molecule has 0 fully saturated rings. The van der Waals surface area contributed by atoms with Crippen LogP contribution in [0.1, 0.15) is 24.5 Å². The number of carbonyl (C=O) groups excluding carboxylic acids is 1. The van der Waals surface area contributed by atoms with Gasteiger partial charge in [0, 0.05) is 25.6 Å².